The van der Waals surface area contributed by atoms with Gasteiger partial charge in [-0.2, -0.15) is 0 Å². The fourth-order valence-electron chi connectivity index (χ4n) is 1.71. The van der Waals surface area contributed by atoms with Gasteiger partial charge in [0.05, 0.1) is 10.7 Å². The fraction of sp³-hybridized carbons (Fsp3) is 0.733. The molecule has 2 amide bonds. The van der Waals surface area contributed by atoms with Crippen LogP contribution in [0.1, 0.15) is 44.8 Å². The summed E-state index contributed by atoms with van der Waals surface area (Å²) in [5, 5.41) is 17.6. The van der Waals surface area contributed by atoms with E-state index in [2.05, 4.69) is 41.8 Å². The molecule has 1 heterocycles. The van der Waals surface area contributed by atoms with Crippen LogP contribution >= 0.6 is 11.3 Å². The number of hydrogen-bond donors (Lipinski definition) is 3. The van der Waals surface area contributed by atoms with Gasteiger partial charge in [0.15, 0.2) is 0 Å². The Morgan fingerprint density at radius 2 is 2.14 bits per heavy atom. The van der Waals surface area contributed by atoms with Crippen molar-refractivity contribution in [3.63, 3.8) is 0 Å². The third-order valence-corrected chi connectivity index (χ3v) is 4.09. The van der Waals surface area contributed by atoms with E-state index >= 15 is 0 Å². The zero-order chi connectivity index (χ0) is 15.9. The highest BCUT2D eigenvalue weighted by Crippen LogP contribution is 2.23. The van der Waals surface area contributed by atoms with Gasteiger partial charge in [-0.25, -0.2) is 9.78 Å². The number of rotatable bonds is 7. The van der Waals surface area contributed by atoms with E-state index in [1.54, 1.807) is 11.3 Å². The summed E-state index contributed by atoms with van der Waals surface area (Å²) in [5.74, 6) is 0.286. The lowest BCUT2D eigenvalue weighted by Gasteiger charge is -2.14. The van der Waals surface area contributed by atoms with Crippen LogP contribution in [0.15, 0.2) is 5.38 Å². The molecule has 0 spiro atoms. The molecule has 0 saturated carbocycles. The Morgan fingerprint density at radius 3 is 2.71 bits per heavy atom. The Morgan fingerprint density at radius 1 is 1.43 bits per heavy atom. The molecule has 1 aromatic heterocycles. The molecule has 5 nitrogen and oxygen atoms in total. The quantitative estimate of drug-likeness (QED) is 0.723. The molecule has 0 aliphatic carbocycles. The molecular formula is C15H27N3O2S. The van der Waals surface area contributed by atoms with E-state index in [1.165, 1.54) is 0 Å². The van der Waals surface area contributed by atoms with Crippen molar-refractivity contribution in [1.29, 1.82) is 0 Å². The van der Waals surface area contributed by atoms with Gasteiger partial charge in [-0.05, 0) is 12.3 Å². The van der Waals surface area contributed by atoms with Crippen molar-refractivity contribution in [2.45, 2.75) is 46.0 Å². The lowest BCUT2D eigenvalue weighted by atomic mass is 9.93. The first kappa shape index (κ1) is 17.9. The lowest BCUT2D eigenvalue weighted by Crippen LogP contribution is -2.38. The summed E-state index contributed by atoms with van der Waals surface area (Å²) in [4.78, 5) is 16.2. The third kappa shape index (κ3) is 6.91. The monoisotopic (exact) mass is 313 g/mol. The largest absolute Gasteiger partial charge is 0.396 e. The minimum atomic E-state index is -0.160. The molecule has 0 fully saturated rings. The molecule has 3 N–H and O–H groups in total. The number of amides is 2. The number of nitrogens with zero attached hydrogens (tertiary/aromatic N) is 1. The van der Waals surface area contributed by atoms with Crippen molar-refractivity contribution < 1.29 is 9.90 Å². The summed E-state index contributed by atoms with van der Waals surface area (Å²) in [6, 6.07) is -0.160. The zero-order valence-corrected chi connectivity index (χ0v) is 14.2. The second-order valence-electron chi connectivity index (χ2n) is 6.38. The average molecular weight is 313 g/mol. The number of hydrogen-bond acceptors (Lipinski definition) is 4. The summed E-state index contributed by atoms with van der Waals surface area (Å²) in [6.45, 7) is 9.75. The maximum absolute atomic E-state index is 11.6. The second kappa shape index (κ2) is 8.34. The van der Waals surface area contributed by atoms with Crippen LogP contribution in [0.4, 0.5) is 4.79 Å². The first-order valence-electron chi connectivity index (χ1n) is 7.40. The SMILES string of the molecule is CC(CCO)CNC(=O)NCCc1nc(C(C)(C)C)cs1. The van der Waals surface area contributed by atoms with E-state index in [9.17, 15) is 4.79 Å². The van der Waals surface area contributed by atoms with E-state index in [0.717, 1.165) is 17.1 Å². The topological polar surface area (TPSA) is 74.2 Å². The van der Waals surface area contributed by atoms with Crippen molar-refractivity contribution in [1.82, 2.24) is 15.6 Å². The highest BCUT2D eigenvalue weighted by Gasteiger charge is 2.17. The Balaban J connectivity index is 2.24. The highest BCUT2D eigenvalue weighted by atomic mass is 32.1. The third-order valence-electron chi connectivity index (χ3n) is 3.18. The normalized spacial score (nSPS) is 13.0. The molecule has 1 rings (SSSR count). The van der Waals surface area contributed by atoms with E-state index in [4.69, 9.17) is 5.11 Å². The number of urea groups is 1. The minimum absolute atomic E-state index is 0.0718. The minimum Gasteiger partial charge on any atom is -0.396 e. The first-order chi connectivity index (χ1) is 9.82. The van der Waals surface area contributed by atoms with Crippen LogP contribution in [0, 0.1) is 5.92 Å². The number of aliphatic hydroxyl groups is 1. The number of thiazole rings is 1. The van der Waals surface area contributed by atoms with E-state index < -0.39 is 0 Å². The standard InChI is InChI=1S/C15H27N3O2S/c1-11(6-8-19)9-17-14(20)16-7-5-13-18-12(10-21-13)15(2,3)4/h10-11,19H,5-9H2,1-4H3,(H2,16,17,20). The summed E-state index contributed by atoms with van der Waals surface area (Å²) >= 11 is 1.64. The van der Waals surface area contributed by atoms with Crippen molar-refractivity contribution >= 4 is 17.4 Å². The number of carbonyl (C=O) groups is 1. The van der Waals surface area contributed by atoms with Gasteiger partial charge in [-0.15, -0.1) is 11.3 Å². The van der Waals surface area contributed by atoms with Crippen molar-refractivity contribution in [2.24, 2.45) is 5.92 Å². The van der Waals surface area contributed by atoms with Crippen LogP contribution < -0.4 is 10.6 Å². The zero-order valence-electron chi connectivity index (χ0n) is 13.4. The van der Waals surface area contributed by atoms with Crippen molar-refractivity contribution in [2.75, 3.05) is 19.7 Å². The van der Waals surface area contributed by atoms with Crippen LogP contribution in [-0.2, 0) is 11.8 Å². The number of nitrogens with one attached hydrogen (secondary N) is 2. The van der Waals surface area contributed by atoms with Gasteiger partial charge in [-0.1, -0.05) is 27.7 Å². The lowest BCUT2D eigenvalue weighted by molar-refractivity contribution is 0.234. The summed E-state index contributed by atoms with van der Waals surface area (Å²) in [5.41, 5.74) is 1.17. The van der Waals surface area contributed by atoms with Gasteiger partial charge >= 0.3 is 6.03 Å². The van der Waals surface area contributed by atoms with Crippen LogP contribution in [0.5, 0.6) is 0 Å². The van der Waals surface area contributed by atoms with Crippen LogP contribution in [0.2, 0.25) is 0 Å². The predicted molar refractivity (Wildman–Crippen MR) is 86.8 cm³/mol. The molecular weight excluding hydrogens is 286 g/mol. The molecule has 120 valence electrons. The van der Waals surface area contributed by atoms with Gasteiger partial charge in [0.1, 0.15) is 0 Å². The van der Waals surface area contributed by atoms with Crippen molar-refractivity contribution in [3.05, 3.63) is 16.1 Å². The van der Waals surface area contributed by atoms with E-state index in [0.29, 0.717) is 19.5 Å². The maximum Gasteiger partial charge on any atom is 0.314 e. The van der Waals surface area contributed by atoms with Crippen LogP contribution in [-0.4, -0.2) is 35.8 Å². The predicted octanol–water partition coefficient (Wildman–Crippen LogP) is 2.30. The molecule has 0 radical (unpaired) electrons. The molecule has 0 saturated heterocycles. The molecule has 0 aliphatic heterocycles. The van der Waals surface area contributed by atoms with Gasteiger partial charge in [0, 0.05) is 36.9 Å². The number of aromatic nitrogens is 1. The Labute approximate surface area is 131 Å². The number of carbonyl (C=O) groups excluding carboxylic acids is 1. The molecule has 0 aromatic carbocycles. The van der Waals surface area contributed by atoms with Gasteiger partial charge in [0.25, 0.3) is 0 Å². The fourth-order valence-corrected chi connectivity index (χ4v) is 2.73. The molecule has 1 unspecified atom stereocenters. The van der Waals surface area contributed by atoms with E-state index in [1.807, 2.05) is 6.92 Å². The van der Waals surface area contributed by atoms with Crippen molar-refractivity contribution in [3.8, 4) is 0 Å². The molecule has 6 heteroatoms. The molecule has 1 aromatic rings. The Hall–Kier alpha value is -1.14. The second-order valence-corrected chi connectivity index (χ2v) is 7.32. The summed E-state index contributed by atoms with van der Waals surface area (Å²) in [6.07, 6.45) is 1.45. The average Bonchev–Trinajstić information content (AvgIpc) is 2.85. The number of aliphatic hydroxyl groups excluding tert-OH is 1. The highest BCUT2D eigenvalue weighted by molar-refractivity contribution is 7.09. The molecule has 1 atom stereocenters. The Kier molecular flexibility index (Phi) is 7.11. The molecule has 0 bridgehead atoms. The van der Waals surface area contributed by atoms with Gasteiger partial charge < -0.3 is 15.7 Å². The van der Waals surface area contributed by atoms with Crippen LogP contribution in [0.25, 0.3) is 0 Å². The summed E-state index contributed by atoms with van der Waals surface area (Å²) < 4.78 is 0. The smallest absolute Gasteiger partial charge is 0.314 e. The van der Waals surface area contributed by atoms with Crippen LogP contribution in [0.3, 0.4) is 0 Å². The Bertz CT molecular complexity index is 440. The summed E-state index contributed by atoms with van der Waals surface area (Å²) in [7, 11) is 0. The van der Waals surface area contributed by atoms with E-state index in [-0.39, 0.29) is 24.0 Å². The molecule has 0 aliphatic rings. The first-order valence-corrected chi connectivity index (χ1v) is 8.28. The molecule has 21 heavy (non-hydrogen) atoms. The van der Waals surface area contributed by atoms with Gasteiger partial charge in [0.2, 0.25) is 0 Å². The van der Waals surface area contributed by atoms with Gasteiger partial charge in [-0.3, -0.25) is 0 Å². The maximum atomic E-state index is 11.6.